The fraction of sp³-hybridized carbons (Fsp3) is 0.636. The summed E-state index contributed by atoms with van der Waals surface area (Å²) in [6.45, 7) is 0.461. The second kappa shape index (κ2) is 5.95. The summed E-state index contributed by atoms with van der Waals surface area (Å²) in [6, 6.07) is 0. The molecule has 0 saturated carbocycles. The predicted octanol–water partition coefficient (Wildman–Crippen LogP) is 1.14. The fourth-order valence-corrected chi connectivity index (χ4v) is 3.14. The number of H-pyrrole nitrogens is 1. The highest BCUT2D eigenvalue weighted by Crippen LogP contribution is 2.25. The van der Waals surface area contributed by atoms with E-state index in [9.17, 15) is 4.79 Å². The first-order valence-corrected chi connectivity index (χ1v) is 7.03. The number of nitrogens with one attached hydrogen (secondary N) is 2. The number of carbonyl (C=O) groups excluding carboxylic acids is 1. The molecule has 5 nitrogen and oxygen atoms in total. The first-order chi connectivity index (χ1) is 8.25. The molecule has 0 aromatic carbocycles. The molecule has 0 atom stereocenters. The van der Waals surface area contributed by atoms with Gasteiger partial charge in [0, 0.05) is 18.5 Å². The normalized spacial score (nSPS) is 16.9. The van der Waals surface area contributed by atoms with Gasteiger partial charge in [0.1, 0.15) is 5.82 Å². The van der Waals surface area contributed by atoms with Crippen LogP contribution in [0.1, 0.15) is 24.8 Å². The van der Waals surface area contributed by atoms with Gasteiger partial charge in [-0.2, -0.15) is 16.9 Å². The van der Waals surface area contributed by atoms with Crippen molar-refractivity contribution >= 4 is 23.5 Å². The Morgan fingerprint density at radius 2 is 2.35 bits per heavy atom. The van der Waals surface area contributed by atoms with Crippen LogP contribution in [0.5, 0.6) is 0 Å². The Bertz CT molecular complexity index is 373. The maximum atomic E-state index is 11.7. The summed E-state index contributed by atoms with van der Waals surface area (Å²) in [5, 5.41) is 9.35. The smallest absolute Gasteiger partial charge is 0.220 e. The Morgan fingerprint density at radius 3 is 3.00 bits per heavy atom. The number of hydrogen-bond acceptors (Lipinski definition) is 4. The lowest BCUT2D eigenvalue weighted by atomic mass is 9.98. The number of nitrogens with zero attached hydrogens (tertiary/aromatic N) is 1. The molecule has 0 aliphatic carbocycles. The summed E-state index contributed by atoms with van der Waals surface area (Å²) in [7, 11) is 0. The van der Waals surface area contributed by atoms with Crippen LogP contribution in [-0.2, 0) is 11.3 Å². The van der Waals surface area contributed by atoms with E-state index in [-0.39, 0.29) is 5.91 Å². The van der Waals surface area contributed by atoms with Crippen molar-refractivity contribution in [3.63, 3.8) is 0 Å². The van der Waals surface area contributed by atoms with Crippen molar-refractivity contribution in [2.75, 3.05) is 17.2 Å². The topological polar surface area (TPSA) is 83.8 Å². The third kappa shape index (κ3) is 3.66. The van der Waals surface area contributed by atoms with E-state index in [1.54, 1.807) is 6.20 Å². The van der Waals surface area contributed by atoms with Gasteiger partial charge in [-0.05, 0) is 30.3 Å². The molecule has 1 amide bonds. The maximum Gasteiger partial charge on any atom is 0.220 e. The average molecular weight is 254 g/mol. The predicted molar refractivity (Wildman–Crippen MR) is 69.5 cm³/mol. The quantitative estimate of drug-likeness (QED) is 0.752. The van der Waals surface area contributed by atoms with Crippen LogP contribution in [0, 0.1) is 5.92 Å². The minimum atomic E-state index is 0.113. The zero-order valence-electron chi connectivity index (χ0n) is 9.74. The van der Waals surface area contributed by atoms with E-state index in [1.165, 1.54) is 11.5 Å². The van der Waals surface area contributed by atoms with Crippen molar-refractivity contribution in [3.8, 4) is 0 Å². The zero-order valence-corrected chi connectivity index (χ0v) is 10.6. The first-order valence-electron chi connectivity index (χ1n) is 5.88. The van der Waals surface area contributed by atoms with Gasteiger partial charge in [0.15, 0.2) is 0 Å². The summed E-state index contributed by atoms with van der Waals surface area (Å²) in [4.78, 5) is 11.7. The van der Waals surface area contributed by atoms with Gasteiger partial charge in [-0.15, -0.1) is 0 Å². The molecule has 0 unspecified atom stereocenters. The third-order valence-electron chi connectivity index (χ3n) is 3.04. The van der Waals surface area contributed by atoms with E-state index in [0.717, 1.165) is 18.4 Å². The molecule has 94 valence electrons. The van der Waals surface area contributed by atoms with Crippen LogP contribution in [0.2, 0.25) is 0 Å². The highest BCUT2D eigenvalue weighted by Gasteiger charge is 2.17. The Morgan fingerprint density at radius 1 is 1.59 bits per heavy atom. The van der Waals surface area contributed by atoms with E-state index in [0.29, 0.717) is 24.7 Å². The lowest BCUT2D eigenvalue weighted by Crippen LogP contribution is -2.26. The number of anilines is 1. The van der Waals surface area contributed by atoms with E-state index < -0.39 is 0 Å². The maximum absolute atomic E-state index is 11.7. The molecule has 1 fully saturated rings. The molecule has 17 heavy (non-hydrogen) atoms. The van der Waals surface area contributed by atoms with Crippen LogP contribution in [-0.4, -0.2) is 27.6 Å². The number of thioether (sulfide) groups is 1. The number of hydrogen-bond donors (Lipinski definition) is 3. The molecule has 0 bridgehead atoms. The highest BCUT2D eigenvalue weighted by atomic mass is 32.2. The number of rotatable bonds is 4. The van der Waals surface area contributed by atoms with Gasteiger partial charge in [-0.25, -0.2) is 0 Å². The lowest BCUT2D eigenvalue weighted by molar-refractivity contribution is -0.122. The lowest BCUT2D eigenvalue weighted by Gasteiger charge is -2.20. The number of carbonyl (C=O) groups is 1. The van der Waals surface area contributed by atoms with Crippen LogP contribution in [0.15, 0.2) is 6.20 Å². The molecule has 1 aromatic heterocycles. The summed E-state index contributed by atoms with van der Waals surface area (Å²) >= 11 is 1.98. The van der Waals surface area contributed by atoms with Crippen molar-refractivity contribution in [1.82, 2.24) is 15.5 Å². The zero-order chi connectivity index (χ0) is 12.1. The monoisotopic (exact) mass is 254 g/mol. The molecular weight excluding hydrogens is 236 g/mol. The Balaban J connectivity index is 1.72. The van der Waals surface area contributed by atoms with Crippen molar-refractivity contribution in [1.29, 1.82) is 0 Å². The van der Waals surface area contributed by atoms with Gasteiger partial charge in [-0.3, -0.25) is 9.89 Å². The molecule has 4 N–H and O–H groups in total. The van der Waals surface area contributed by atoms with Gasteiger partial charge in [0.05, 0.1) is 6.20 Å². The largest absolute Gasteiger partial charge is 0.384 e. The Kier molecular flexibility index (Phi) is 4.30. The van der Waals surface area contributed by atoms with Gasteiger partial charge >= 0.3 is 0 Å². The van der Waals surface area contributed by atoms with E-state index in [4.69, 9.17) is 5.73 Å². The summed E-state index contributed by atoms with van der Waals surface area (Å²) in [5.74, 6) is 3.57. The third-order valence-corrected chi connectivity index (χ3v) is 4.09. The van der Waals surface area contributed by atoms with Gasteiger partial charge < -0.3 is 11.1 Å². The molecule has 0 spiro atoms. The van der Waals surface area contributed by atoms with E-state index in [2.05, 4.69) is 15.5 Å². The SMILES string of the molecule is Nc1[nH]ncc1CNC(=O)CC1CCSCC1. The molecule has 1 aromatic rings. The number of aromatic nitrogens is 2. The van der Waals surface area contributed by atoms with Crippen LogP contribution < -0.4 is 11.1 Å². The Labute approximate surface area is 105 Å². The molecule has 1 saturated heterocycles. The molecular formula is C11H18N4OS. The minimum Gasteiger partial charge on any atom is -0.384 e. The second-order valence-corrected chi connectivity index (χ2v) is 5.57. The minimum absolute atomic E-state index is 0.113. The molecule has 0 radical (unpaired) electrons. The molecule has 6 heteroatoms. The second-order valence-electron chi connectivity index (χ2n) is 4.35. The first kappa shape index (κ1) is 12.3. The summed E-state index contributed by atoms with van der Waals surface area (Å²) in [6.07, 6.45) is 4.60. The highest BCUT2D eigenvalue weighted by molar-refractivity contribution is 7.99. The number of amides is 1. The van der Waals surface area contributed by atoms with Crippen LogP contribution in [0.25, 0.3) is 0 Å². The molecule has 2 rings (SSSR count). The van der Waals surface area contributed by atoms with Crippen LogP contribution in [0.4, 0.5) is 5.82 Å². The summed E-state index contributed by atoms with van der Waals surface area (Å²) < 4.78 is 0. The van der Waals surface area contributed by atoms with Gasteiger partial charge in [0.25, 0.3) is 0 Å². The average Bonchev–Trinajstić information content (AvgIpc) is 2.74. The van der Waals surface area contributed by atoms with Gasteiger partial charge in [-0.1, -0.05) is 0 Å². The molecule has 2 heterocycles. The van der Waals surface area contributed by atoms with E-state index >= 15 is 0 Å². The van der Waals surface area contributed by atoms with Gasteiger partial charge in [0.2, 0.25) is 5.91 Å². The molecule has 1 aliphatic heterocycles. The van der Waals surface area contributed by atoms with Crippen LogP contribution >= 0.6 is 11.8 Å². The van der Waals surface area contributed by atoms with Crippen LogP contribution in [0.3, 0.4) is 0 Å². The fourth-order valence-electron chi connectivity index (χ4n) is 1.94. The van der Waals surface area contributed by atoms with Crippen molar-refractivity contribution in [2.24, 2.45) is 5.92 Å². The Hall–Kier alpha value is -1.17. The number of nitrogens with two attached hydrogens (primary N) is 1. The van der Waals surface area contributed by atoms with E-state index in [1.807, 2.05) is 11.8 Å². The van der Waals surface area contributed by atoms with Crippen molar-refractivity contribution < 1.29 is 4.79 Å². The number of nitrogen functional groups attached to an aromatic ring is 1. The van der Waals surface area contributed by atoms with Crippen molar-refractivity contribution in [3.05, 3.63) is 11.8 Å². The molecule has 1 aliphatic rings. The standard InChI is InChI=1S/C11H18N4OS/c12-11-9(7-14-15-11)6-13-10(16)5-8-1-3-17-4-2-8/h7-8H,1-6H2,(H,13,16)(H3,12,14,15). The van der Waals surface area contributed by atoms with Crippen molar-refractivity contribution in [2.45, 2.75) is 25.8 Å². The number of aromatic amines is 1. The summed E-state index contributed by atoms with van der Waals surface area (Å²) in [5.41, 5.74) is 6.48.